The second-order valence-corrected chi connectivity index (χ2v) is 3.37. The number of methoxy groups -OCH3 is 2. The first-order valence-corrected chi connectivity index (χ1v) is 5.01. The van der Waals surface area contributed by atoms with Crippen molar-refractivity contribution in [2.24, 2.45) is 0 Å². The summed E-state index contributed by atoms with van der Waals surface area (Å²) < 4.78 is 9.91. The highest BCUT2D eigenvalue weighted by atomic mass is 16.5. The van der Waals surface area contributed by atoms with Gasteiger partial charge in [-0.2, -0.15) is 0 Å². The number of ether oxygens (including phenoxy) is 2. The summed E-state index contributed by atoms with van der Waals surface area (Å²) in [4.78, 5) is 18.4. The van der Waals surface area contributed by atoms with E-state index in [1.165, 1.54) is 7.11 Å². The number of hydrogen-bond acceptors (Lipinski definition) is 4. The Morgan fingerprint density at radius 1 is 1.35 bits per heavy atom. The van der Waals surface area contributed by atoms with Gasteiger partial charge in [-0.1, -0.05) is 0 Å². The van der Waals surface area contributed by atoms with Gasteiger partial charge in [0.05, 0.1) is 38.0 Å². The summed E-state index contributed by atoms with van der Waals surface area (Å²) in [6.45, 7) is 0. The van der Waals surface area contributed by atoms with Crippen molar-refractivity contribution in [1.82, 2.24) is 9.97 Å². The van der Waals surface area contributed by atoms with E-state index < -0.39 is 0 Å². The first kappa shape index (κ1) is 11.2. The van der Waals surface area contributed by atoms with Crippen LogP contribution in [0.5, 0.6) is 5.75 Å². The molecule has 0 aliphatic carbocycles. The minimum absolute atomic E-state index is 0.381. The molecule has 0 radical (unpaired) electrons. The molecule has 5 heteroatoms. The van der Waals surface area contributed by atoms with Crippen LogP contribution in [0.15, 0.2) is 30.7 Å². The molecule has 0 atom stereocenters. The maximum absolute atomic E-state index is 11.4. The van der Waals surface area contributed by atoms with E-state index in [0.717, 1.165) is 11.3 Å². The lowest BCUT2D eigenvalue weighted by atomic mass is 10.1. The molecule has 2 rings (SSSR count). The molecule has 0 bridgehead atoms. The van der Waals surface area contributed by atoms with Crippen molar-refractivity contribution in [1.29, 1.82) is 0 Å². The lowest BCUT2D eigenvalue weighted by Gasteiger charge is -2.08. The molecule has 17 heavy (non-hydrogen) atoms. The number of rotatable bonds is 3. The van der Waals surface area contributed by atoms with Gasteiger partial charge in [0.25, 0.3) is 0 Å². The number of aromatic nitrogens is 2. The van der Waals surface area contributed by atoms with Crippen LogP contribution in [-0.2, 0) is 4.74 Å². The van der Waals surface area contributed by atoms with Gasteiger partial charge in [0, 0.05) is 5.56 Å². The van der Waals surface area contributed by atoms with Crippen LogP contribution >= 0.6 is 0 Å². The van der Waals surface area contributed by atoms with E-state index in [0.29, 0.717) is 11.3 Å². The number of H-pyrrole nitrogens is 1. The lowest BCUT2D eigenvalue weighted by molar-refractivity contribution is 0.0601. The molecule has 1 aromatic heterocycles. The summed E-state index contributed by atoms with van der Waals surface area (Å²) in [5.74, 6) is 0.287. The average Bonchev–Trinajstić information content (AvgIpc) is 2.90. The number of carbonyl (C=O) groups is 1. The van der Waals surface area contributed by atoms with Gasteiger partial charge < -0.3 is 14.5 Å². The normalized spacial score (nSPS) is 10.0. The molecule has 0 spiro atoms. The van der Waals surface area contributed by atoms with Crippen LogP contribution in [0, 0.1) is 0 Å². The lowest BCUT2D eigenvalue weighted by Crippen LogP contribution is -2.01. The third-order valence-corrected chi connectivity index (χ3v) is 2.41. The van der Waals surface area contributed by atoms with Crippen LogP contribution in [0.2, 0.25) is 0 Å². The quantitative estimate of drug-likeness (QED) is 0.820. The molecule has 0 saturated carbocycles. The Labute approximate surface area is 98.4 Å². The number of benzene rings is 1. The average molecular weight is 232 g/mol. The predicted molar refractivity (Wildman–Crippen MR) is 61.9 cm³/mol. The summed E-state index contributed by atoms with van der Waals surface area (Å²) in [5.41, 5.74) is 2.03. The number of nitrogens with zero attached hydrogens (tertiary/aromatic N) is 1. The summed E-state index contributed by atoms with van der Waals surface area (Å²) in [6, 6.07) is 5.09. The fourth-order valence-electron chi connectivity index (χ4n) is 1.57. The standard InChI is InChI=1S/C12H12N2O3/c1-16-11-4-3-8(12(15)17-2)5-9(11)10-6-13-7-14-10/h3-7H,1-2H3,(H,13,14). The highest BCUT2D eigenvalue weighted by molar-refractivity contribution is 5.91. The fourth-order valence-corrected chi connectivity index (χ4v) is 1.57. The molecule has 1 aromatic carbocycles. The molecule has 0 unspecified atom stereocenters. The van der Waals surface area contributed by atoms with Crippen molar-refractivity contribution >= 4 is 5.97 Å². The summed E-state index contributed by atoms with van der Waals surface area (Å²) in [6.07, 6.45) is 3.23. The zero-order valence-corrected chi connectivity index (χ0v) is 9.56. The van der Waals surface area contributed by atoms with Gasteiger partial charge in [0.15, 0.2) is 0 Å². The number of carbonyl (C=O) groups excluding carboxylic acids is 1. The minimum atomic E-state index is -0.381. The van der Waals surface area contributed by atoms with Crippen molar-refractivity contribution < 1.29 is 14.3 Å². The fraction of sp³-hybridized carbons (Fsp3) is 0.167. The number of imidazole rings is 1. The highest BCUT2D eigenvalue weighted by Gasteiger charge is 2.12. The van der Waals surface area contributed by atoms with Crippen LogP contribution < -0.4 is 4.74 Å². The first-order chi connectivity index (χ1) is 8.26. The van der Waals surface area contributed by atoms with E-state index in [9.17, 15) is 4.79 Å². The molecule has 0 saturated heterocycles. The van der Waals surface area contributed by atoms with E-state index in [4.69, 9.17) is 4.74 Å². The summed E-state index contributed by atoms with van der Waals surface area (Å²) in [7, 11) is 2.93. The smallest absolute Gasteiger partial charge is 0.337 e. The SMILES string of the molecule is COC(=O)c1ccc(OC)c(-c2cnc[nH]2)c1. The first-order valence-electron chi connectivity index (χ1n) is 5.01. The molecule has 0 aliphatic rings. The molecule has 1 N–H and O–H groups in total. The van der Waals surface area contributed by atoms with Gasteiger partial charge >= 0.3 is 5.97 Å². The maximum atomic E-state index is 11.4. The Hall–Kier alpha value is -2.30. The van der Waals surface area contributed by atoms with Crippen LogP contribution in [-0.4, -0.2) is 30.2 Å². The van der Waals surface area contributed by atoms with Crippen LogP contribution in [0.1, 0.15) is 10.4 Å². The van der Waals surface area contributed by atoms with E-state index >= 15 is 0 Å². The number of esters is 1. The third kappa shape index (κ3) is 2.13. The van der Waals surface area contributed by atoms with Gasteiger partial charge in [0.2, 0.25) is 0 Å². The van der Waals surface area contributed by atoms with E-state index in [-0.39, 0.29) is 5.97 Å². The zero-order chi connectivity index (χ0) is 12.3. The summed E-state index contributed by atoms with van der Waals surface area (Å²) >= 11 is 0. The van der Waals surface area contributed by atoms with E-state index in [1.807, 2.05) is 0 Å². The van der Waals surface area contributed by atoms with Crippen molar-refractivity contribution in [2.75, 3.05) is 14.2 Å². The second kappa shape index (κ2) is 4.69. The molecule has 0 aliphatic heterocycles. The minimum Gasteiger partial charge on any atom is -0.496 e. The Morgan fingerprint density at radius 3 is 2.76 bits per heavy atom. The Morgan fingerprint density at radius 2 is 2.18 bits per heavy atom. The molecule has 88 valence electrons. The predicted octanol–water partition coefficient (Wildman–Crippen LogP) is 1.87. The van der Waals surface area contributed by atoms with Crippen LogP contribution in [0.25, 0.3) is 11.3 Å². The van der Waals surface area contributed by atoms with Crippen molar-refractivity contribution in [3.63, 3.8) is 0 Å². The molecule has 1 heterocycles. The Balaban J connectivity index is 2.51. The van der Waals surface area contributed by atoms with Crippen LogP contribution in [0.3, 0.4) is 0 Å². The molecule has 0 fully saturated rings. The number of nitrogens with one attached hydrogen (secondary N) is 1. The van der Waals surface area contributed by atoms with Gasteiger partial charge in [-0.05, 0) is 18.2 Å². The van der Waals surface area contributed by atoms with Gasteiger partial charge in [-0.25, -0.2) is 9.78 Å². The second-order valence-electron chi connectivity index (χ2n) is 3.37. The molecule has 2 aromatic rings. The molecular weight excluding hydrogens is 220 g/mol. The van der Waals surface area contributed by atoms with Crippen molar-refractivity contribution in [3.05, 3.63) is 36.3 Å². The van der Waals surface area contributed by atoms with Gasteiger partial charge in [0.1, 0.15) is 5.75 Å². The number of aromatic amines is 1. The van der Waals surface area contributed by atoms with Crippen LogP contribution in [0.4, 0.5) is 0 Å². The monoisotopic (exact) mass is 232 g/mol. The summed E-state index contributed by atoms with van der Waals surface area (Å²) in [5, 5.41) is 0. The topological polar surface area (TPSA) is 64.2 Å². The van der Waals surface area contributed by atoms with Gasteiger partial charge in [-0.3, -0.25) is 0 Å². The molecule has 5 nitrogen and oxygen atoms in total. The molecule has 0 amide bonds. The Kier molecular flexibility index (Phi) is 3.09. The molecular formula is C12H12N2O3. The third-order valence-electron chi connectivity index (χ3n) is 2.41. The number of hydrogen-bond donors (Lipinski definition) is 1. The zero-order valence-electron chi connectivity index (χ0n) is 9.56. The largest absolute Gasteiger partial charge is 0.496 e. The van der Waals surface area contributed by atoms with Crippen molar-refractivity contribution in [2.45, 2.75) is 0 Å². The highest BCUT2D eigenvalue weighted by Crippen LogP contribution is 2.29. The van der Waals surface area contributed by atoms with E-state index in [2.05, 4.69) is 14.7 Å². The van der Waals surface area contributed by atoms with Crippen molar-refractivity contribution in [3.8, 4) is 17.0 Å². The van der Waals surface area contributed by atoms with Gasteiger partial charge in [-0.15, -0.1) is 0 Å². The Bertz CT molecular complexity index is 521. The maximum Gasteiger partial charge on any atom is 0.337 e. The van der Waals surface area contributed by atoms with E-state index in [1.54, 1.807) is 37.8 Å².